The zero-order valence-electron chi connectivity index (χ0n) is 9.27. The second kappa shape index (κ2) is 4.02. The van der Waals surface area contributed by atoms with Crippen molar-refractivity contribution in [1.82, 2.24) is 0 Å². The summed E-state index contributed by atoms with van der Waals surface area (Å²) in [5, 5.41) is 0. The van der Waals surface area contributed by atoms with Gasteiger partial charge in [-0.25, -0.2) is 4.79 Å². The van der Waals surface area contributed by atoms with Gasteiger partial charge in [-0.1, -0.05) is 0 Å². The largest absolute Gasteiger partial charge is 0.497 e. The molecule has 0 aromatic heterocycles. The molecule has 0 saturated heterocycles. The number of cyclic esters (lactones) is 1. The number of ether oxygens (including phenoxy) is 4. The first kappa shape index (κ1) is 10.8. The first-order valence-electron chi connectivity index (χ1n) is 4.71. The van der Waals surface area contributed by atoms with Gasteiger partial charge >= 0.3 is 5.97 Å². The molecule has 0 saturated carbocycles. The minimum Gasteiger partial charge on any atom is -0.497 e. The fourth-order valence-electron chi connectivity index (χ4n) is 1.69. The Hall–Kier alpha value is -1.75. The fourth-order valence-corrected chi connectivity index (χ4v) is 1.69. The van der Waals surface area contributed by atoms with Crippen LogP contribution in [0.5, 0.6) is 11.5 Å². The highest BCUT2D eigenvalue weighted by Crippen LogP contribution is 2.39. The van der Waals surface area contributed by atoms with Crippen molar-refractivity contribution >= 4 is 5.97 Å². The zero-order valence-corrected chi connectivity index (χ0v) is 9.27. The molecule has 16 heavy (non-hydrogen) atoms. The molecule has 5 heteroatoms. The van der Waals surface area contributed by atoms with Crippen LogP contribution in [0.1, 0.15) is 22.2 Å². The maximum absolute atomic E-state index is 11.6. The third kappa shape index (κ3) is 1.49. The SMILES string of the molecule is COc1cc(OC)c2c(c1)C(OC)OC2=O. The molecule has 0 bridgehead atoms. The van der Waals surface area contributed by atoms with Gasteiger partial charge in [0.05, 0.1) is 14.2 Å². The number of benzene rings is 1. The summed E-state index contributed by atoms with van der Waals surface area (Å²) in [4.78, 5) is 11.6. The molecular weight excluding hydrogens is 212 g/mol. The van der Waals surface area contributed by atoms with Crippen LogP contribution in [0.3, 0.4) is 0 Å². The van der Waals surface area contributed by atoms with E-state index in [2.05, 4.69) is 0 Å². The quantitative estimate of drug-likeness (QED) is 0.728. The predicted octanol–water partition coefficient (Wildman–Crippen LogP) is 1.52. The van der Waals surface area contributed by atoms with E-state index in [1.54, 1.807) is 19.2 Å². The summed E-state index contributed by atoms with van der Waals surface area (Å²) in [5.74, 6) is 0.580. The Morgan fingerprint density at radius 2 is 1.94 bits per heavy atom. The third-order valence-corrected chi connectivity index (χ3v) is 2.45. The number of fused-ring (bicyclic) bond motifs is 1. The monoisotopic (exact) mass is 224 g/mol. The summed E-state index contributed by atoms with van der Waals surface area (Å²) in [6, 6.07) is 3.34. The van der Waals surface area contributed by atoms with Gasteiger partial charge < -0.3 is 18.9 Å². The van der Waals surface area contributed by atoms with Crippen molar-refractivity contribution in [3.63, 3.8) is 0 Å². The second-order valence-electron chi connectivity index (χ2n) is 3.27. The molecule has 5 nitrogen and oxygen atoms in total. The highest BCUT2D eigenvalue weighted by molar-refractivity contribution is 5.97. The highest BCUT2D eigenvalue weighted by Gasteiger charge is 2.35. The first-order valence-corrected chi connectivity index (χ1v) is 4.71. The van der Waals surface area contributed by atoms with E-state index in [4.69, 9.17) is 18.9 Å². The predicted molar refractivity (Wildman–Crippen MR) is 54.7 cm³/mol. The number of carbonyl (C=O) groups is 1. The lowest BCUT2D eigenvalue weighted by Gasteiger charge is -2.10. The molecule has 0 spiro atoms. The van der Waals surface area contributed by atoms with E-state index in [0.717, 1.165) is 0 Å². The second-order valence-corrected chi connectivity index (χ2v) is 3.27. The highest BCUT2D eigenvalue weighted by atomic mass is 16.7. The van der Waals surface area contributed by atoms with Crippen molar-refractivity contribution in [3.05, 3.63) is 23.3 Å². The molecule has 1 aromatic rings. The molecule has 0 amide bonds. The number of hydrogen-bond donors (Lipinski definition) is 0. The Morgan fingerprint density at radius 1 is 1.19 bits per heavy atom. The van der Waals surface area contributed by atoms with E-state index in [-0.39, 0.29) is 0 Å². The van der Waals surface area contributed by atoms with E-state index < -0.39 is 12.3 Å². The summed E-state index contributed by atoms with van der Waals surface area (Å²) in [5.41, 5.74) is 1.03. The molecule has 1 aliphatic rings. The van der Waals surface area contributed by atoms with E-state index in [1.165, 1.54) is 14.2 Å². The summed E-state index contributed by atoms with van der Waals surface area (Å²) >= 11 is 0. The summed E-state index contributed by atoms with van der Waals surface area (Å²) in [6.45, 7) is 0. The minimum atomic E-state index is -0.688. The molecule has 1 aromatic carbocycles. The van der Waals surface area contributed by atoms with Gasteiger partial charge in [0.15, 0.2) is 0 Å². The number of rotatable bonds is 3. The van der Waals surface area contributed by atoms with Gasteiger partial charge in [-0.3, -0.25) is 0 Å². The van der Waals surface area contributed by atoms with Gasteiger partial charge in [0, 0.05) is 18.7 Å². The minimum absolute atomic E-state index is 0.398. The Balaban J connectivity index is 2.59. The van der Waals surface area contributed by atoms with Crippen LogP contribution < -0.4 is 9.47 Å². The number of methoxy groups -OCH3 is 3. The third-order valence-electron chi connectivity index (χ3n) is 2.45. The lowest BCUT2D eigenvalue weighted by atomic mass is 10.1. The summed E-state index contributed by atoms with van der Waals surface area (Å²) < 4.78 is 20.3. The van der Waals surface area contributed by atoms with Crippen LogP contribution >= 0.6 is 0 Å². The molecule has 0 N–H and O–H groups in total. The van der Waals surface area contributed by atoms with Gasteiger partial charge in [-0.2, -0.15) is 0 Å². The van der Waals surface area contributed by atoms with Crippen molar-refractivity contribution in [2.75, 3.05) is 21.3 Å². The maximum Gasteiger partial charge on any atom is 0.345 e. The summed E-state index contributed by atoms with van der Waals surface area (Å²) in [7, 11) is 4.50. The molecule has 1 unspecified atom stereocenters. The summed E-state index contributed by atoms with van der Waals surface area (Å²) in [6.07, 6.45) is -0.688. The molecule has 0 fully saturated rings. The van der Waals surface area contributed by atoms with Crippen molar-refractivity contribution in [2.24, 2.45) is 0 Å². The lowest BCUT2D eigenvalue weighted by Crippen LogP contribution is -2.00. The van der Waals surface area contributed by atoms with Gasteiger partial charge in [0.25, 0.3) is 0 Å². The van der Waals surface area contributed by atoms with Crippen LogP contribution in [0.25, 0.3) is 0 Å². The van der Waals surface area contributed by atoms with E-state index in [0.29, 0.717) is 22.6 Å². The smallest absolute Gasteiger partial charge is 0.345 e. The molecule has 1 heterocycles. The molecule has 0 aliphatic carbocycles. The average Bonchev–Trinajstić information content (AvgIpc) is 2.65. The van der Waals surface area contributed by atoms with Crippen molar-refractivity contribution in [3.8, 4) is 11.5 Å². The zero-order chi connectivity index (χ0) is 11.7. The Bertz CT molecular complexity index is 427. The van der Waals surface area contributed by atoms with Gasteiger partial charge in [-0.15, -0.1) is 0 Å². The molecule has 1 aliphatic heterocycles. The molecular formula is C11H12O5. The maximum atomic E-state index is 11.6. The van der Waals surface area contributed by atoms with Gasteiger partial charge in [0.1, 0.15) is 17.1 Å². The fraction of sp³-hybridized carbons (Fsp3) is 0.364. The van der Waals surface area contributed by atoms with Crippen molar-refractivity contribution in [1.29, 1.82) is 0 Å². The van der Waals surface area contributed by atoms with E-state index >= 15 is 0 Å². The van der Waals surface area contributed by atoms with Crippen LogP contribution in [-0.4, -0.2) is 27.3 Å². The Morgan fingerprint density at radius 3 is 2.50 bits per heavy atom. The van der Waals surface area contributed by atoms with Crippen LogP contribution in [0.2, 0.25) is 0 Å². The molecule has 86 valence electrons. The Labute approximate surface area is 92.9 Å². The topological polar surface area (TPSA) is 54.0 Å². The van der Waals surface area contributed by atoms with Gasteiger partial charge in [-0.05, 0) is 6.07 Å². The van der Waals surface area contributed by atoms with Crippen molar-refractivity contribution in [2.45, 2.75) is 6.29 Å². The van der Waals surface area contributed by atoms with Crippen LogP contribution in [0.15, 0.2) is 12.1 Å². The van der Waals surface area contributed by atoms with Crippen LogP contribution in [-0.2, 0) is 9.47 Å². The lowest BCUT2D eigenvalue weighted by molar-refractivity contribution is -0.0816. The number of hydrogen-bond acceptors (Lipinski definition) is 5. The number of esters is 1. The molecule has 0 radical (unpaired) electrons. The standard InChI is InChI=1S/C11H12O5/c1-13-6-4-7-9(8(5-6)14-2)10(12)16-11(7)15-3/h4-5,11H,1-3H3. The van der Waals surface area contributed by atoms with Crippen LogP contribution in [0, 0.1) is 0 Å². The molecule has 2 rings (SSSR count). The first-order chi connectivity index (χ1) is 7.71. The van der Waals surface area contributed by atoms with E-state index in [9.17, 15) is 4.79 Å². The van der Waals surface area contributed by atoms with Gasteiger partial charge in [0.2, 0.25) is 6.29 Å². The normalized spacial score (nSPS) is 17.9. The van der Waals surface area contributed by atoms with E-state index in [1.807, 2.05) is 0 Å². The van der Waals surface area contributed by atoms with Crippen LogP contribution in [0.4, 0.5) is 0 Å². The van der Waals surface area contributed by atoms with Crippen molar-refractivity contribution < 1.29 is 23.7 Å². The number of carbonyl (C=O) groups excluding carboxylic acids is 1. The molecule has 1 atom stereocenters. The average molecular weight is 224 g/mol. The Kier molecular flexibility index (Phi) is 2.70.